The predicted molar refractivity (Wildman–Crippen MR) is 65.2 cm³/mol. The van der Waals surface area contributed by atoms with Crippen LogP contribution in [0, 0.1) is 5.92 Å². The van der Waals surface area contributed by atoms with Crippen molar-refractivity contribution in [1.82, 2.24) is 15.5 Å². The highest BCUT2D eigenvalue weighted by Crippen LogP contribution is 2.25. The second-order valence-corrected chi connectivity index (χ2v) is 4.78. The van der Waals surface area contributed by atoms with Gasteiger partial charge in [0, 0.05) is 12.2 Å². The first-order chi connectivity index (χ1) is 7.88. The lowest BCUT2D eigenvalue weighted by molar-refractivity contribution is 0.440. The number of aromatic nitrogens is 2. The number of hydrogen-bond donors (Lipinski definition) is 1. The van der Waals surface area contributed by atoms with Crippen molar-refractivity contribution in [1.29, 1.82) is 0 Å². The number of rotatable bonds is 3. The van der Waals surface area contributed by atoms with Crippen molar-refractivity contribution in [2.75, 3.05) is 7.05 Å². The second-order valence-electron chi connectivity index (χ2n) is 4.78. The van der Waals surface area contributed by atoms with Crippen LogP contribution in [0.3, 0.4) is 0 Å². The van der Waals surface area contributed by atoms with Crippen molar-refractivity contribution in [3.05, 3.63) is 24.0 Å². The molecule has 2 unspecified atom stereocenters. The van der Waals surface area contributed by atoms with E-state index in [9.17, 15) is 0 Å². The van der Waals surface area contributed by atoms with Crippen LogP contribution in [0.1, 0.15) is 37.8 Å². The van der Waals surface area contributed by atoms with E-state index < -0.39 is 0 Å². The molecular formula is C13H21N3. The first kappa shape index (κ1) is 11.5. The Morgan fingerprint density at radius 1 is 1.31 bits per heavy atom. The third kappa shape index (κ3) is 3.27. The van der Waals surface area contributed by atoms with E-state index in [1.165, 1.54) is 32.1 Å². The Morgan fingerprint density at radius 3 is 3.00 bits per heavy atom. The van der Waals surface area contributed by atoms with Gasteiger partial charge in [0.25, 0.3) is 0 Å². The van der Waals surface area contributed by atoms with Gasteiger partial charge in [-0.1, -0.05) is 12.8 Å². The van der Waals surface area contributed by atoms with Gasteiger partial charge in [-0.3, -0.25) is 0 Å². The van der Waals surface area contributed by atoms with Gasteiger partial charge in [0.05, 0.1) is 5.69 Å². The summed E-state index contributed by atoms with van der Waals surface area (Å²) < 4.78 is 0. The van der Waals surface area contributed by atoms with E-state index in [0.29, 0.717) is 0 Å². The number of nitrogens with one attached hydrogen (secondary N) is 1. The molecule has 0 amide bonds. The van der Waals surface area contributed by atoms with Crippen molar-refractivity contribution in [2.45, 2.75) is 44.6 Å². The van der Waals surface area contributed by atoms with Gasteiger partial charge in [0.1, 0.15) is 0 Å². The van der Waals surface area contributed by atoms with E-state index in [1.807, 2.05) is 6.07 Å². The summed E-state index contributed by atoms with van der Waals surface area (Å²) in [4.78, 5) is 0. The zero-order valence-electron chi connectivity index (χ0n) is 10.0. The Kier molecular flexibility index (Phi) is 4.28. The smallest absolute Gasteiger partial charge is 0.0633 e. The summed E-state index contributed by atoms with van der Waals surface area (Å²) in [7, 11) is 2.08. The fraction of sp³-hybridized carbons (Fsp3) is 0.692. The fourth-order valence-corrected chi connectivity index (χ4v) is 2.61. The molecule has 3 heteroatoms. The van der Waals surface area contributed by atoms with Crippen LogP contribution in [-0.2, 0) is 6.42 Å². The molecule has 1 N–H and O–H groups in total. The summed E-state index contributed by atoms with van der Waals surface area (Å²) >= 11 is 0. The van der Waals surface area contributed by atoms with Crippen molar-refractivity contribution < 1.29 is 0 Å². The van der Waals surface area contributed by atoms with E-state index >= 15 is 0 Å². The van der Waals surface area contributed by atoms with Gasteiger partial charge >= 0.3 is 0 Å². The Labute approximate surface area is 97.7 Å². The Hall–Kier alpha value is -0.960. The Bertz CT molecular complexity index is 299. The predicted octanol–water partition coefficient (Wildman–Crippen LogP) is 2.19. The lowest BCUT2D eigenvalue weighted by atomic mass is 9.95. The summed E-state index contributed by atoms with van der Waals surface area (Å²) in [5, 5.41) is 11.5. The molecule has 3 nitrogen and oxygen atoms in total. The molecule has 1 heterocycles. The van der Waals surface area contributed by atoms with Crippen LogP contribution in [0.15, 0.2) is 18.3 Å². The van der Waals surface area contributed by atoms with E-state index in [1.54, 1.807) is 6.20 Å². The monoisotopic (exact) mass is 219 g/mol. The van der Waals surface area contributed by atoms with Crippen molar-refractivity contribution in [3.63, 3.8) is 0 Å². The minimum absolute atomic E-state index is 0.729. The largest absolute Gasteiger partial charge is 0.317 e. The third-order valence-electron chi connectivity index (χ3n) is 3.62. The maximum absolute atomic E-state index is 4.18. The standard InChI is InChI=1S/C13H21N3/c1-14-12-5-2-4-11(7-8-12)10-13-6-3-9-15-16-13/h3,6,9,11-12,14H,2,4-5,7-8,10H2,1H3. The molecule has 16 heavy (non-hydrogen) atoms. The van der Waals surface area contributed by atoms with Crippen LogP contribution < -0.4 is 5.32 Å². The molecule has 1 aromatic rings. The summed E-state index contributed by atoms with van der Waals surface area (Å²) in [6.07, 6.45) is 9.49. The second kappa shape index (κ2) is 5.94. The first-order valence-corrected chi connectivity index (χ1v) is 6.32. The minimum Gasteiger partial charge on any atom is -0.317 e. The van der Waals surface area contributed by atoms with Gasteiger partial charge in [-0.15, -0.1) is 0 Å². The number of nitrogens with zero attached hydrogens (tertiary/aromatic N) is 2. The molecule has 0 saturated heterocycles. The van der Waals surface area contributed by atoms with Crippen molar-refractivity contribution >= 4 is 0 Å². The van der Waals surface area contributed by atoms with Gasteiger partial charge in [0.2, 0.25) is 0 Å². The van der Waals surface area contributed by atoms with Crippen molar-refractivity contribution in [2.24, 2.45) is 5.92 Å². The maximum Gasteiger partial charge on any atom is 0.0633 e. The van der Waals surface area contributed by atoms with Gasteiger partial charge in [-0.25, -0.2) is 0 Å². The van der Waals surface area contributed by atoms with Gasteiger partial charge in [-0.05, 0) is 50.8 Å². The molecule has 1 aromatic heterocycles. The van der Waals surface area contributed by atoms with Crippen LogP contribution in [0.5, 0.6) is 0 Å². The zero-order chi connectivity index (χ0) is 11.2. The van der Waals surface area contributed by atoms with Crippen LogP contribution >= 0.6 is 0 Å². The summed E-state index contributed by atoms with van der Waals surface area (Å²) in [5.41, 5.74) is 1.15. The van der Waals surface area contributed by atoms with Crippen LogP contribution in [0.2, 0.25) is 0 Å². The molecule has 0 bridgehead atoms. The minimum atomic E-state index is 0.729. The van der Waals surface area contributed by atoms with Gasteiger partial charge in [-0.2, -0.15) is 10.2 Å². The van der Waals surface area contributed by atoms with E-state index in [0.717, 1.165) is 24.1 Å². The normalized spacial score (nSPS) is 26.3. The fourth-order valence-electron chi connectivity index (χ4n) is 2.61. The Morgan fingerprint density at radius 2 is 2.25 bits per heavy atom. The molecule has 2 atom stereocenters. The topological polar surface area (TPSA) is 37.8 Å². The molecule has 1 aliphatic carbocycles. The lowest BCUT2D eigenvalue weighted by Gasteiger charge is -2.14. The van der Waals surface area contributed by atoms with Crippen LogP contribution in [-0.4, -0.2) is 23.3 Å². The maximum atomic E-state index is 4.18. The molecule has 0 spiro atoms. The van der Waals surface area contributed by atoms with E-state index in [4.69, 9.17) is 0 Å². The molecule has 1 saturated carbocycles. The highest BCUT2D eigenvalue weighted by molar-refractivity contribution is 5.00. The molecule has 1 fully saturated rings. The van der Waals surface area contributed by atoms with E-state index in [-0.39, 0.29) is 0 Å². The highest BCUT2D eigenvalue weighted by atomic mass is 15.1. The number of hydrogen-bond acceptors (Lipinski definition) is 3. The molecule has 88 valence electrons. The van der Waals surface area contributed by atoms with Gasteiger partial charge < -0.3 is 5.32 Å². The summed E-state index contributed by atoms with van der Waals surface area (Å²) in [6.45, 7) is 0. The molecule has 1 aliphatic rings. The Balaban J connectivity index is 1.86. The lowest BCUT2D eigenvalue weighted by Crippen LogP contribution is -2.23. The first-order valence-electron chi connectivity index (χ1n) is 6.32. The van der Waals surface area contributed by atoms with E-state index in [2.05, 4.69) is 28.6 Å². The summed E-state index contributed by atoms with van der Waals surface area (Å²) in [5.74, 6) is 0.801. The van der Waals surface area contributed by atoms with Crippen molar-refractivity contribution in [3.8, 4) is 0 Å². The SMILES string of the molecule is CNC1CCCC(Cc2cccnn2)CC1. The zero-order valence-corrected chi connectivity index (χ0v) is 10.0. The molecular weight excluding hydrogens is 198 g/mol. The molecule has 2 rings (SSSR count). The van der Waals surface area contributed by atoms with Crippen LogP contribution in [0.4, 0.5) is 0 Å². The molecule has 0 aliphatic heterocycles. The molecule has 0 radical (unpaired) electrons. The third-order valence-corrected chi connectivity index (χ3v) is 3.62. The highest BCUT2D eigenvalue weighted by Gasteiger charge is 2.18. The van der Waals surface area contributed by atoms with Crippen LogP contribution in [0.25, 0.3) is 0 Å². The quantitative estimate of drug-likeness (QED) is 0.792. The average Bonchev–Trinajstić information content (AvgIpc) is 2.56. The molecule has 0 aromatic carbocycles. The summed E-state index contributed by atoms with van der Waals surface area (Å²) in [6, 6.07) is 4.80. The van der Waals surface area contributed by atoms with Gasteiger partial charge in [0.15, 0.2) is 0 Å². The average molecular weight is 219 g/mol.